The van der Waals surface area contributed by atoms with E-state index in [0.717, 1.165) is 6.42 Å². The van der Waals surface area contributed by atoms with Gasteiger partial charge in [0.1, 0.15) is 0 Å². The third-order valence-electron chi connectivity index (χ3n) is 2.45. The van der Waals surface area contributed by atoms with Crippen LogP contribution in [0.25, 0.3) is 0 Å². The van der Waals surface area contributed by atoms with Crippen LogP contribution in [0.2, 0.25) is 0 Å². The van der Waals surface area contributed by atoms with Gasteiger partial charge in [0.25, 0.3) is 0 Å². The number of nitrogens with one attached hydrogen (secondary N) is 1. The van der Waals surface area contributed by atoms with Crippen molar-refractivity contribution in [2.45, 2.75) is 65.0 Å². The highest BCUT2D eigenvalue weighted by atomic mass is 14.9. The molecule has 0 aliphatic rings. The largest absolute Gasteiger partial charge is 0.312 e. The quantitative estimate of drug-likeness (QED) is 0.568. The summed E-state index contributed by atoms with van der Waals surface area (Å²) in [5.74, 6) is 0. The van der Waals surface area contributed by atoms with Gasteiger partial charge in [-0.2, -0.15) is 0 Å². The van der Waals surface area contributed by atoms with Crippen LogP contribution >= 0.6 is 0 Å². The Morgan fingerprint density at radius 1 is 1.31 bits per heavy atom. The zero-order chi connectivity index (χ0) is 10.1. The Labute approximate surface area is 83.6 Å². The van der Waals surface area contributed by atoms with Crippen molar-refractivity contribution in [3.63, 3.8) is 0 Å². The first kappa shape index (κ1) is 12.7. The van der Waals surface area contributed by atoms with E-state index in [1.54, 1.807) is 0 Å². The molecule has 2 unspecified atom stereocenters. The highest BCUT2D eigenvalue weighted by molar-refractivity contribution is 4.74. The van der Waals surface area contributed by atoms with Crippen LogP contribution in [0.15, 0.2) is 12.7 Å². The summed E-state index contributed by atoms with van der Waals surface area (Å²) in [4.78, 5) is 0. The smallest absolute Gasteiger partial charge is 0.00668 e. The molecule has 0 spiro atoms. The molecule has 0 rings (SSSR count). The molecule has 78 valence electrons. The summed E-state index contributed by atoms with van der Waals surface area (Å²) in [5.41, 5.74) is 0. The summed E-state index contributed by atoms with van der Waals surface area (Å²) in [7, 11) is 0. The average molecular weight is 183 g/mol. The van der Waals surface area contributed by atoms with Gasteiger partial charge in [0.2, 0.25) is 0 Å². The first-order valence-electron chi connectivity index (χ1n) is 5.61. The molecule has 0 aromatic rings. The van der Waals surface area contributed by atoms with Gasteiger partial charge in [-0.05, 0) is 32.6 Å². The molecule has 0 bridgehead atoms. The monoisotopic (exact) mass is 183 g/mol. The summed E-state index contributed by atoms with van der Waals surface area (Å²) in [5, 5.41) is 3.65. The van der Waals surface area contributed by atoms with Gasteiger partial charge in [-0.25, -0.2) is 0 Å². The van der Waals surface area contributed by atoms with E-state index < -0.39 is 0 Å². The lowest BCUT2D eigenvalue weighted by Gasteiger charge is -2.21. The van der Waals surface area contributed by atoms with Crippen molar-refractivity contribution < 1.29 is 0 Å². The van der Waals surface area contributed by atoms with Crippen LogP contribution < -0.4 is 5.32 Å². The molecule has 0 radical (unpaired) electrons. The summed E-state index contributed by atoms with van der Waals surface area (Å²) < 4.78 is 0. The second-order valence-electron chi connectivity index (χ2n) is 3.83. The third-order valence-corrected chi connectivity index (χ3v) is 2.45. The van der Waals surface area contributed by atoms with Crippen LogP contribution in [0.4, 0.5) is 0 Å². The normalized spacial score (nSPS) is 15.3. The van der Waals surface area contributed by atoms with Crippen LogP contribution in [-0.2, 0) is 0 Å². The summed E-state index contributed by atoms with van der Waals surface area (Å²) in [6.45, 7) is 10.5. The maximum atomic E-state index is 3.74. The van der Waals surface area contributed by atoms with Gasteiger partial charge in [-0.1, -0.05) is 26.3 Å². The van der Waals surface area contributed by atoms with Gasteiger partial charge in [0.15, 0.2) is 0 Å². The number of allylic oxidation sites excluding steroid dienone is 1. The van der Waals surface area contributed by atoms with Crippen LogP contribution in [-0.4, -0.2) is 12.1 Å². The van der Waals surface area contributed by atoms with Gasteiger partial charge in [-0.15, -0.1) is 6.58 Å². The van der Waals surface area contributed by atoms with E-state index >= 15 is 0 Å². The minimum Gasteiger partial charge on any atom is -0.312 e. The predicted molar refractivity (Wildman–Crippen MR) is 61.0 cm³/mol. The van der Waals surface area contributed by atoms with Crippen molar-refractivity contribution in [1.82, 2.24) is 5.32 Å². The standard InChI is InChI=1S/C12H25N/c1-5-8-10-11(4)13-12(7-3)9-6-2/h5,11-13H,1,6-10H2,2-4H3. The zero-order valence-corrected chi connectivity index (χ0v) is 9.47. The molecule has 0 aliphatic heterocycles. The van der Waals surface area contributed by atoms with Gasteiger partial charge in [-0.3, -0.25) is 0 Å². The zero-order valence-electron chi connectivity index (χ0n) is 9.47. The molecule has 2 atom stereocenters. The SMILES string of the molecule is C=CCCC(C)NC(CC)CCC. The molecule has 0 aromatic carbocycles. The molecule has 1 nitrogen and oxygen atoms in total. The molecular weight excluding hydrogens is 158 g/mol. The van der Waals surface area contributed by atoms with Gasteiger partial charge in [0, 0.05) is 12.1 Å². The first-order valence-corrected chi connectivity index (χ1v) is 5.61. The molecule has 13 heavy (non-hydrogen) atoms. The highest BCUT2D eigenvalue weighted by Crippen LogP contribution is 2.05. The second-order valence-corrected chi connectivity index (χ2v) is 3.83. The number of hydrogen-bond donors (Lipinski definition) is 1. The van der Waals surface area contributed by atoms with E-state index in [1.165, 1.54) is 25.7 Å². The minimum atomic E-state index is 0.634. The Kier molecular flexibility index (Phi) is 8.11. The van der Waals surface area contributed by atoms with Crippen LogP contribution in [0.5, 0.6) is 0 Å². The Balaban J connectivity index is 3.58. The Hall–Kier alpha value is -0.300. The average Bonchev–Trinajstić information content (AvgIpc) is 2.14. The summed E-state index contributed by atoms with van der Waals surface area (Å²) in [6.07, 6.45) is 8.15. The molecule has 0 amide bonds. The number of rotatable bonds is 8. The summed E-state index contributed by atoms with van der Waals surface area (Å²) >= 11 is 0. The third kappa shape index (κ3) is 6.83. The second kappa shape index (κ2) is 8.31. The Morgan fingerprint density at radius 3 is 2.46 bits per heavy atom. The highest BCUT2D eigenvalue weighted by Gasteiger charge is 2.07. The molecule has 1 N–H and O–H groups in total. The topological polar surface area (TPSA) is 12.0 Å². The molecule has 0 saturated carbocycles. The minimum absolute atomic E-state index is 0.634. The van der Waals surface area contributed by atoms with Crippen molar-refractivity contribution in [2.75, 3.05) is 0 Å². The van der Waals surface area contributed by atoms with Crippen LogP contribution in [0, 0.1) is 0 Å². The molecule has 0 heterocycles. The maximum Gasteiger partial charge on any atom is 0.00668 e. The van der Waals surface area contributed by atoms with Gasteiger partial charge < -0.3 is 5.32 Å². The Morgan fingerprint density at radius 2 is 2.00 bits per heavy atom. The predicted octanol–water partition coefficient (Wildman–Crippen LogP) is 3.51. The lowest BCUT2D eigenvalue weighted by atomic mass is 10.1. The van der Waals surface area contributed by atoms with Gasteiger partial charge in [0.05, 0.1) is 0 Å². The van der Waals surface area contributed by atoms with Crippen molar-refractivity contribution in [3.05, 3.63) is 12.7 Å². The van der Waals surface area contributed by atoms with E-state index in [4.69, 9.17) is 0 Å². The fourth-order valence-electron chi connectivity index (χ4n) is 1.61. The van der Waals surface area contributed by atoms with Crippen molar-refractivity contribution in [1.29, 1.82) is 0 Å². The summed E-state index contributed by atoms with van der Waals surface area (Å²) in [6, 6.07) is 1.35. The molecule has 0 aliphatic carbocycles. The van der Waals surface area contributed by atoms with Crippen molar-refractivity contribution >= 4 is 0 Å². The van der Waals surface area contributed by atoms with E-state index in [1.807, 2.05) is 6.08 Å². The molecule has 0 saturated heterocycles. The van der Waals surface area contributed by atoms with E-state index in [-0.39, 0.29) is 0 Å². The maximum absolute atomic E-state index is 3.74. The van der Waals surface area contributed by atoms with Crippen molar-refractivity contribution in [2.24, 2.45) is 0 Å². The lowest BCUT2D eigenvalue weighted by Crippen LogP contribution is -2.35. The fourth-order valence-corrected chi connectivity index (χ4v) is 1.61. The fraction of sp³-hybridized carbons (Fsp3) is 0.833. The molecule has 0 fully saturated rings. The van der Waals surface area contributed by atoms with E-state index in [9.17, 15) is 0 Å². The van der Waals surface area contributed by atoms with E-state index in [2.05, 4.69) is 32.7 Å². The van der Waals surface area contributed by atoms with Crippen molar-refractivity contribution in [3.8, 4) is 0 Å². The van der Waals surface area contributed by atoms with E-state index in [0.29, 0.717) is 12.1 Å². The molecule has 1 heteroatoms. The Bertz CT molecular complexity index is 120. The molecular formula is C12H25N. The van der Waals surface area contributed by atoms with Crippen LogP contribution in [0.3, 0.4) is 0 Å². The number of hydrogen-bond acceptors (Lipinski definition) is 1. The lowest BCUT2D eigenvalue weighted by molar-refractivity contribution is 0.398. The first-order chi connectivity index (χ1) is 6.24. The molecule has 0 aromatic heterocycles. The van der Waals surface area contributed by atoms with Gasteiger partial charge >= 0.3 is 0 Å². The van der Waals surface area contributed by atoms with Crippen LogP contribution in [0.1, 0.15) is 52.9 Å².